The van der Waals surface area contributed by atoms with Gasteiger partial charge in [0, 0.05) is 58.3 Å². The number of nitro benzene ring substituents is 1. The average molecular weight is 471 g/mol. The molecule has 0 bridgehead atoms. The Labute approximate surface area is 180 Å². The van der Waals surface area contributed by atoms with Gasteiger partial charge in [-0.1, -0.05) is 18.2 Å². The van der Waals surface area contributed by atoms with Crippen molar-refractivity contribution in [2.24, 2.45) is 0 Å². The summed E-state index contributed by atoms with van der Waals surface area (Å²) in [5.74, 6) is -0.711. The van der Waals surface area contributed by atoms with Crippen molar-refractivity contribution in [3.05, 3.63) is 73.9 Å². The fraction of sp³-hybridized carbons (Fsp3) is 0.238. The van der Waals surface area contributed by atoms with Crippen LogP contribution in [0.2, 0.25) is 0 Å². The maximum atomic E-state index is 13.0. The highest BCUT2D eigenvalue weighted by atomic mass is 79.9. The molecule has 8 nitrogen and oxygen atoms in total. The van der Waals surface area contributed by atoms with Gasteiger partial charge >= 0.3 is 0 Å². The molecule has 0 saturated heterocycles. The molecule has 2 heterocycles. The lowest BCUT2D eigenvalue weighted by molar-refractivity contribution is -0.384. The summed E-state index contributed by atoms with van der Waals surface area (Å²) in [6.45, 7) is 2.63. The maximum Gasteiger partial charge on any atom is 0.270 e. The molecule has 9 heteroatoms. The summed E-state index contributed by atoms with van der Waals surface area (Å²) in [5, 5.41) is 14.6. The molecule has 0 saturated carbocycles. The standard InChI is InChI=1S/C21H19BrN4O4/c1-12(23-20(27)13-4-2-5-14(10-13)26(29)30)21(28)25-9-8-18-16(11-25)15-6-3-7-17(22)19(15)24-18/h2-7,10,12,24H,8-9,11H2,1H3,(H,23,27). The number of hydrogen-bond acceptors (Lipinski definition) is 4. The number of para-hydroxylation sites is 1. The summed E-state index contributed by atoms with van der Waals surface area (Å²) in [6, 6.07) is 10.6. The number of halogens is 1. The number of hydrogen-bond donors (Lipinski definition) is 2. The van der Waals surface area contributed by atoms with E-state index < -0.39 is 16.9 Å². The van der Waals surface area contributed by atoms with E-state index in [0.29, 0.717) is 19.5 Å². The van der Waals surface area contributed by atoms with Crippen LogP contribution >= 0.6 is 15.9 Å². The third-order valence-corrected chi connectivity index (χ3v) is 5.97. The fourth-order valence-electron chi connectivity index (χ4n) is 3.77. The Morgan fingerprint density at radius 1 is 1.27 bits per heavy atom. The number of carbonyl (C=O) groups excluding carboxylic acids is 2. The van der Waals surface area contributed by atoms with Crippen LogP contribution in [0.25, 0.3) is 10.9 Å². The van der Waals surface area contributed by atoms with E-state index in [9.17, 15) is 19.7 Å². The third kappa shape index (κ3) is 3.68. The van der Waals surface area contributed by atoms with Crippen LogP contribution in [-0.4, -0.2) is 39.2 Å². The summed E-state index contributed by atoms with van der Waals surface area (Å²) in [7, 11) is 0. The topological polar surface area (TPSA) is 108 Å². The van der Waals surface area contributed by atoms with E-state index in [4.69, 9.17) is 0 Å². The van der Waals surface area contributed by atoms with Crippen molar-refractivity contribution in [3.63, 3.8) is 0 Å². The molecule has 2 N–H and O–H groups in total. The Balaban J connectivity index is 1.48. The number of rotatable bonds is 4. The van der Waals surface area contributed by atoms with E-state index in [0.717, 1.165) is 26.6 Å². The predicted molar refractivity (Wildman–Crippen MR) is 115 cm³/mol. The summed E-state index contributed by atoms with van der Waals surface area (Å²) in [5.41, 5.74) is 3.20. The molecule has 3 aromatic rings. The van der Waals surface area contributed by atoms with Gasteiger partial charge in [0.25, 0.3) is 11.6 Å². The molecule has 0 aliphatic carbocycles. The molecule has 2 amide bonds. The second-order valence-electron chi connectivity index (χ2n) is 7.26. The number of nitrogens with zero attached hydrogens (tertiary/aromatic N) is 2. The predicted octanol–water partition coefficient (Wildman–Crippen LogP) is 3.54. The van der Waals surface area contributed by atoms with Gasteiger partial charge in [-0.3, -0.25) is 19.7 Å². The van der Waals surface area contributed by atoms with Crippen LogP contribution in [0.5, 0.6) is 0 Å². The highest BCUT2D eigenvalue weighted by molar-refractivity contribution is 9.10. The first-order chi connectivity index (χ1) is 14.3. The van der Waals surface area contributed by atoms with Gasteiger partial charge in [0.2, 0.25) is 5.91 Å². The van der Waals surface area contributed by atoms with Crippen molar-refractivity contribution in [1.29, 1.82) is 0 Å². The van der Waals surface area contributed by atoms with Gasteiger partial charge in [0.05, 0.1) is 10.4 Å². The molecular formula is C21H19BrN4O4. The number of carbonyl (C=O) groups is 2. The smallest absolute Gasteiger partial charge is 0.270 e. The Morgan fingerprint density at radius 2 is 2.03 bits per heavy atom. The lowest BCUT2D eigenvalue weighted by Crippen LogP contribution is -2.48. The van der Waals surface area contributed by atoms with Crippen molar-refractivity contribution in [1.82, 2.24) is 15.2 Å². The zero-order valence-electron chi connectivity index (χ0n) is 16.1. The van der Waals surface area contributed by atoms with Gasteiger partial charge < -0.3 is 15.2 Å². The molecule has 0 radical (unpaired) electrons. The van der Waals surface area contributed by atoms with Crippen LogP contribution in [-0.2, 0) is 17.8 Å². The minimum atomic E-state index is -0.754. The Bertz CT molecular complexity index is 1170. The fourth-order valence-corrected chi connectivity index (χ4v) is 4.23. The van der Waals surface area contributed by atoms with Crippen LogP contribution in [0.15, 0.2) is 46.9 Å². The van der Waals surface area contributed by atoms with Crippen LogP contribution < -0.4 is 5.32 Å². The van der Waals surface area contributed by atoms with Crippen molar-refractivity contribution in [2.45, 2.75) is 25.9 Å². The molecule has 1 unspecified atom stereocenters. The molecule has 1 aliphatic rings. The summed E-state index contributed by atoms with van der Waals surface area (Å²) < 4.78 is 0.977. The third-order valence-electron chi connectivity index (χ3n) is 5.31. The van der Waals surface area contributed by atoms with Gasteiger partial charge in [0.1, 0.15) is 6.04 Å². The minimum absolute atomic E-state index is 0.145. The first-order valence-corrected chi connectivity index (χ1v) is 10.3. The van der Waals surface area contributed by atoms with Crippen LogP contribution in [0.3, 0.4) is 0 Å². The van der Waals surface area contributed by atoms with Gasteiger partial charge in [-0.25, -0.2) is 0 Å². The maximum absolute atomic E-state index is 13.0. The monoisotopic (exact) mass is 470 g/mol. The molecule has 4 rings (SSSR count). The molecule has 154 valence electrons. The number of benzene rings is 2. The highest BCUT2D eigenvalue weighted by Gasteiger charge is 2.28. The van der Waals surface area contributed by atoms with Crippen molar-refractivity contribution in [3.8, 4) is 0 Å². The number of aromatic amines is 1. The van der Waals surface area contributed by atoms with E-state index in [1.807, 2.05) is 18.2 Å². The SMILES string of the molecule is CC(NC(=O)c1cccc([N+](=O)[O-])c1)C(=O)N1CCc2[nH]c3c(Br)cccc3c2C1. The summed E-state index contributed by atoms with van der Waals surface area (Å²) in [4.78, 5) is 40.9. The van der Waals surface area contributed by atoms with Gasteiger partial charge in [-0.05, 0) is 35.0 Å². The number of H-pyrrole nitrogens is 1. The average Bonchev–Trinajstić information content (AvgIpc) is 3.12. The molecule has 0 spiro atoms. The van der Waals surface area contributed by atoms with Gasteiger partial charge in [0.15, 0.2) is 0 Å². The van der Waals surface area contributed by atoms with Crippen molar-refractivity contribution >= 4 is 44.3 Å². The Kier molecular flexibility index (Phi) is 5.29. The van der Waals surface area contributed by atoms with E-state index >= 15 is 0 Å². The highest BCUT2D eigenvalue weighted by Crippen LogP contribution is 2.32. The van der Waals surface area contributed by atoms with Crippen molar-refractivity contribution < 1.29 is 14.5 Å². The zero-order chi connectivity index (χ0) is 21.4. The molecule has 1 aliphatic heterocycles. The molecule has 2 aromatic carbocycles. The van der Waals surface area contributed by atoms with E-state index in [-0.39, 0.29) is 17.2 Å². The Hall–Kier alpha value is -3.20. The van der Waals surface area contributed by atoms with E-state index in [1.54, 1.807) is 11.8 Å². The lowest BCUT2D eigenvalue weighted by atomic mass is 10.0. The molecular weight excluding hydrogens is 452 g/mol. The summed E-state index contributed by atoms with van der Waals surface area (Å²) in [6.07, 6.45) is 0.702. The second kappa shape index (κ2) is 7.91. The molecule has 30 heavy (non-hydrogen) atoms. The number of nitrogens with one attached hydrogen (secondary N) is 2. The lowest BCUT2D eigenvalue weighted by Gasteiger charge is -2.30. The Morgan fingerprint density at radius 3 is 2.80 bits per heavy atom. The molecule has 0 fully saturated rings. The summed E-state index contributed by atoms with van der Waals surface area (Å²) >= 11 is 3.55. The quantitative estimate of drug-likeness (QED) is 0.448. The first kappa shape index (κ1) is 20.1. The number of aromatic nitrogens is 1. The number of non-ortho nitro benzene ring substituents is 1. The molecule has 1 atom stereocenters. The second-order valence-corrected chi connectivity index (χ2v) is 8.11. The minimum Gasteiger partial charge on any atom is -0.357 e. The van der Waals surface area contributed by atoms with Gasteiger partial charge in [-0.2, -0.15) is 0 Å². The van der Waals surface area contributed by atoms with Crippen LogP contribution in [0, 0.1) is 10.1 Å². The molecule has 1 aromatic heterocycles. The first-order valence-electron chi connectivity index (χ1n) is 9.47. The number of amides is 2. The van der Waals surface area contributed by atoms with Crippen LogP contribution in [0.1, 0.15) is 28.5 Å². The van der Waals surface area contributed by atoms with Gasteiger partial charge in [-0.15, -0.1) is 0 Å². The van der Waals surface area contributed by atoms with E-state index in [1.165, 1.54) is 24.3 Å². The largest absolute Gasteiger partial charge is 0.357 e. The van der Waals surface area contributed by atoms with Crippen molar-refractivity contribution in [2.75, 3.05) is 6.54 Å². The number of fused-ring (bicyclic) bond motifs is 3. The van der Waals surface area contributed by atoms with Crippen LogP contribution in [0.4, 0.5) is 5.69 Å². The van der Waals surface area contributed by atoms with E-state index in [2.05, 4.69) is 26.2 Å². The number of nitro groups is 1. The normalized spacial score (nSPS) is 14.3. The zero-order valence-corrected chi connectivity index (χ0v) is 17.7.